The third-order valence-corrected chi connectivity index (χ3v) is 12.4. The number of nitrogens with zero attached hydrogens (tertiary/aromatic N) is 2. The summed E-state index contributed by atoms with van der Waals surface area (Å²) < 4.78 is 41.9. The minimum atomic E-state index is -3.36. The van der Waals surface area contributed by atoms with Crippen LogP contribution in [0.15, 0.2) is 65.7 Å². The number of hydrogen-bond donors (Lipinski definition) is 0. The molecule has 0 aliphatic rings. The molecule has 8 nitrogen and oxygen atoms in total. The van der Waals surface area contributed by atoms with E-state index >= 15 is 0 Å². The highest BCUT2D eigenvalue weighted by atomic mass is 32.2. The summed E-state index contributed by atoms with van der Waals surface area (Å²) in [7, 11) is -5.61. The first-order chi connectivity index (χ1) is 18.2. The van der Waals surface area contributed by atoms with Crippen LogP contribution in [0.4, 0.5) is 0 Å². The van der Waals surface area contributed by atoms with Crippen LogP contribution in [0.2, 0.25) is 18.1 Å². The topological polar surface area (TPSA) is 105 Å². The van der Waals surface area contributed by atoms with E-state index in [1.54, 1.807) is 43.5 Å². The number of rotatable bonds is 11. The zero-order valence-corrected chi connectivity index (χ0v) is 25.5. The Labute approximate surface area is 232 Å². The molecule has 3 rings (SSSR count). The van der Waals surface area contributed by atoms with Gasteiger partial charge in [-0.2, -0.15) is 0 Å². The second kappa shape index (κ2) is 12.4. The molecule has 10 heteroatoms. The van der Waals surface area contributed by atoms with Crippen molar-refractivity contribution in [2.45, 2.75) is 69.9 Å². The Bertz CT molecular complexity index is 1400. The van der Waals surface area contributed by atoms with E-state index < -0.39 is 24.3 Å². The second-order valence-corrected chi connectivity index (χ2v) is 17.7. The summed E-state index contributed by atoms with van der Waals surface area (Å²) in [5.74, 6) is 0.638. The van der Waals surface area contributed by atoms with Crippen LogP contribution in [0, 0.1) is 0 Å². The van der Waals surface area contributed by atoms with Gasteiger partial charge in [-0.15, -0.1) is 0 Å². The van der Waals surface area contributed by atoms with E-state index in [1.807, 2.05) is 24.3 Å². The quantitative estimate of drug-likeness (QED) is 0.216. The van der Waals surface area contributed by atoms with Gasteiger partial charge in [0, 0.05) is 24.4 Å². The number of carbonyl (C=O) groups excluding carboxylic acids is 1. The zero-order valence-electron chi connectivity index (χ0n) is 23.7. The molecule has 2 aromatic carbocycles. The van der Waals surface area contributed by atoms with Crippen LogP contribution in [-0.2, 0) is 36.8 Å². The van der Waals surface area contributed by atoms with Gasteiger partial charge in [0.15, 0.2) is 24.0 Å². The van der Waals surface area contributed by atoms with Gasteiger partial charge >= 0.3 is 5.97 Å². The van der Waals surface area contributed by atoms with Crippen molar-refractivity contribution in [2.24, 2.45) is 0 Å². The van der Waals surface area contributed by atoms with Gasteiger partial charge in [-0.1, -0.05) is 51.1 Å². The third kappa shape index (κ3) is 8.20. The van der Waals surface area contributed by atoms with Crippen molar-refractivity contribution in [2.75, 3.05) is 12.9 Å². The summed E-state index contributed by atoms with van der Waals surface area (Å²) in [6, 6.07) is 15.8. The first kappa shape index (κ1) is 30.5. The third-order valence-electron chi connectivity index (χ3n) is 6.78. The molecule has 1 heterocycles. The molecule has 0 saturated heterocycles. The maximum absolute atomic E-state index is 12.9. The van der Waals surface area contributed by atoms with Crippen LogP contribution in [0.3, 0.4) is 0 Å². The van der Waals surface area contributed by atoms with Crippen LogP contribution in [0.1, 0.15) is 39.0 Å². The average Bonchev–Trinajstić information content (AvgIpc) is 2.87. The van der Waals surface area contributed by atoms with E-state index in [2.05, 4.69) is 43.8 Å². The van der Waals surface area contributed by atoms with Crippen LogP contribution < -0.4 is 4.74 Å². The highest BCUT2D eigenvalue weighted by molar-refractivity contribution is 7.90. The standard InChI is InChI=1S/C29H38N2O6SSi/c1-8-35-28(32)26(37-39(6,7)29(2,3)4)19-21-12-9-10-15-25(21)36-20-23-16-17-30-27(31-23)22-13-11-14-24(18-22)38(5,33)34/h9-18,26H,8,19-20H2,1-7H3/t26-/m0/s1. The zero-order chi connectivity index (χ0) is 28.8. The number of ether oxygens (including phenoxy) is 2. The summed E-state index contributed by atoms with van der Waals surface area (Å²) in [5, 5.41) is -0.0701. The van der Waals surface area contributed by atoms with Crippen molar-refractivity contribution < 1.29 is 27.1 Å². The molecule has 0 fully saturated rings. The lowest BCUT2D eigenvalue weighted by Gasteiger charge is -2.38. The number of aromatic nitrogens is 2. The first-order valence-electron chi connectivity index (χ1n) is 12.9. The molecule has 0 aliphatic carbocycles. The number of esters is 1. The number of hydrogen-bond acceptors (Lipinski definition) is 8. The summed E-state index contributed by atoms with van der Waals surface area (Å²) in [6.45, 7) is 12.8. The highest BCUT2D eigenvalue weighted by Crippen LogP contribution is 2.38. The van der Waals surface area contributed by atoms with E-state index in [1.165, 1.54) is 6.26 Å². The van der Waals surface area contributed by atoms with Crippen molar-refractivity contribution in [3.63, 3.8) is 0 Å². The smallest absolute Gasteiger partial charge is 0.334 e. The lowest BCUT2D eigenvalue weighted by atomic mass is 10.1. The molecule has 39 heavy (non-hydrogen) atoms. The van der Waals surface area contributed by atoms with Gasteiger partial charge in [0.1, 0.15) is 18.5 Å². The van der Waals surface area contributed by atoms with Crippen LogP contribution in [0.25, 0.3) is 11.4 Å². The number of sulfone groups is 1. The van der Waals surface area contributed by atoms with Gasteiger partial charge in [-0.05, 0) is 54.9 Å². The predicted octanol–water partition coefficient (Wildman–Crippen LogP) is 5.62. The van der Waals surface area contributed by atoms with Gasteiger partial charge in [0.25, 0.3) is 0 Å². The van der Waals surface area contributed by atoms with Gasteiger partial charge in [-0.3, -0.25) is 0 Å². The van der Waals surface area contributed by atoms with Crippen LogP contribution >= 0.6 is 0 Å². The maximum atomic E-state index is 12.9. The molecule has 210 valence electrons. The number of benzene rings is 2. The molecule has 3 aromatic rings. The monoisotopic (exact) mass is 570 g/mol. The molecule has 1 atom stereocenters. The Morgan fingerprint density at radius 3 is 2.44 bits per heavy atom. The predicted molar refractivity (Wildman–Crippen MR) is 154 cm³/mol. The Morgan fingerprint density at radius 1 is 1.05 bits per heavy atom. The normalized spacial score (nSPS) is 13.1. The van der Waals surface area contributed by atoms with Crippen LogP contribution in [0.5, 0.6) is 5.75 Å². The fourth-order valence-electron chi connectivity index (χ4n) is 3.59. The molecule has 0 N–H and O–H groups in total. The fraction of sp³-hybridized carbons (Fsp3) is 0.414. The molecule has 0 saturated carbocycles. The lowest BCUT2D eigenvalue weighted by molar-refractivity contribution is -0.152. The van der Waals surface area contributed by atoms with Crippen molar-refractivity contribution in [1.82, 2.24) is 9.97 Å². The second-order valence-electron chi connectivity index (χ2n) is 10.9. The molecule has 0 bridgehead atoms. The average molecular weight is 571 g/mol. The van der Waals surface area contributed by atoms with Crippen molar-refractivity contribution in [1.29, 1.82) is 0 Å². The minimum absolute atomic E-state index is 0.0701. The van der Waals surface area contributed by atoms with Crippen molar-refractivity contribution in [3.05, 3.63) is 72.1 Å². The molecule has 0 aliphatic heterocycles. The molecule has 0 unspecified atom stereocenters. The molecule has 0 amide bonds. The molecular weight excluding hydrogens is 532 g/mol. The van der Waals surface area contributed by atoms with Gasteiger partial charge < -0.3 is 13.9 Å². The largest absolute Gasteiger partial charge is 0.487 e. The van der Waals surface area contributed by atoms with E-state index in [0.717, 1.165) is 5.56 Å². The van der Waals surface area contributed by atoms with E-state index in [9.17, 15) is 13.2 Å². The molecule has 1 aromatic heterocycles. The number of para-hydroxylation sites is 1. The summed E-state index contributed by atoms with van der Waals surface area (Å²) >= 11 is 0. The Balaban J connectivity index is 1.81. The van der Waals surface area contributed by atoms with Gasteiger partial charge in [-0.25, -0.2) is 23.2 Å². The first-order valence-corrected chi connectivity index (χ1v) is 17.7. The summed E-state index contributed by atoms with van der Waals surface area (Å²) in [4.78, 5) is 22.0. The Kier molecular flexibility index (Phi) is 9.68. The fourth-order valence-corrected chi connectivity index (χ4v) is 5.50. The van der Waals surface area contributed by atoms with Crippen molar-refractivity contribution in [3.8, 4) is 17.1 Å². The van der Waals surface area contributed by atoms with Gasteiger partial charge in [0.2, 0.25) is 0 Å². The summed E-state index contributed by atoms with van der Waals surface area (Å²) in [6.07, 6.45) is 2.35. The number of carbonyl (C=O) groups is 1. The highest BCUT2D eigenvalue weighted by Gasteiger charge is 2.41. The van der Waals surface area contributed by atoms with Gasteiger partial charge in [0.05, 0.1) is 17.2 Å². The van der Waals surface area contributed by atoms with E-state index in [-0.39, 0.29) is 29.1 Å². The molecular formula is C29H38N2O6SSi. The Hall–Kier alpha value is -3.08. The summed E-state index contributed by atoms with van der Waals surface area (Å²) in [5.41, 5.74) is 2.05. The Morgan fingerprint density at radius 2 is 1.77 bits per heavy atom. The van der Waals surface area contributed by atoms with Crippen molar-refractivity contribution >= 4 is 24.1 Å². The van der Waals surface area contributed by atoms with E-state index in [0.29, 0.717) is 29.3 Å². The molecule has 0 spiro atoms. The SMILES string of the molecule is CCOC(=O)[C@H](Cc1ccccc1OCc1ccnc(-c2cccc(S(C)(=O)=O)c2)n1)O[Si](C)(C)C(C)(C)C. The maximum Gasteiger partial charge on any atom is 0.334 e. The minimum Gasteiger partial charge on any atom is -0.487 e. The molecule has 0 radical (unpaired) electrons. The lowest BCUT2D eigenvalue weighted by Crippen LogP contribution is -2.47. The van der Waals surface area contributed by atoms with E-state index in [4.69, 9.17) is 13.9 Å². The van der Waals surface area contributed by atoms with Crippen LogP contribution in [-0.4, -0.2) is 51.6 Å².